The Bertz CT molecular complexity index is 1200. The van der Waals surface area contributed by atoms with Gasteiger partial charge in [0.2, 0.25) is 11.8 Å². The van der Waals surface area contributed by atoms with Gasteiger partial charge in [0, 0.05) is 16.0 Å². The topological polar surface area (TPSA) is 117 Å². The van der Waals surface area contributed by atoms with Crippen LogP contribution in [0.5, 0.6) is 5.75 Å². The summed E-state index contributed by atoms with van der Waals surface area (Å²) in [6, 6.07) is 7.81. The summed E-state index contributed by atoms with van der Waals surface area (Å²) in [6.07, 6.45) is 0.780. The number of carbonyl (C=O) groups excluding carboxylic acids is 2. The lowest BCUT2D eigenvalue weighted by Crippen LogP contribution is -2.42. The van der Waals surface area contributed by atoms with Crippen LogP contribution in [0.1, 0.15) is 22.8 Å². The number of H-pyrrole nitrogens is 1. The number of carboxylic acids is 1. The lowest BCUT2D eigenvalue weighted by atomic mass is 9.68. The molecule has 0 spiro atoms. The third kappa shape index (κ3) is 2.62. The normalized spacial score (nSPS) is 34.4. The van der Waals surface area contributed by atoms with E-state index >= 15 is 0 Å². The molecule has 2 aliphatic heterocycles. The fraction of sp³-hybridized carbons (Fsp3) is 0.455. The van der Waals surface area contributed by atoms with Crippen molar-refractivity contribution < 1.29 is 24.2 Å². The molecular formula is C22H20N2O6S2. The van der Waals surface area contributed by atoms with E-state index in [1.54, 1.807) is 18.9 Å². The summed E-state index contributed by atoms with van der Waals surface area (Å²) in [6.45, 7) is -0.574. The minimum atomic E-state index is -1.18. The first-order valence-electron chi connectivity index (χ1n) is 10.5. The number of aromatic nitrogens is 1. The molecule has 2 aliphatic carbocycles. The van der Waals surface area contributed by atoms with Crippen LogP contribution >= 0.6 is 23.1 Å². The third-order valence-electron chi connectivity index (χ3n) is 7.58. The fourth-order valence-corrected chi connectivity index (χ4v) is 9.44. The summed E-state index contributed by atoms with van der Waals surface area (Å²) >= 11 is 2.83. The zero-order valence-electron chi connectivity index (χ0n) is 17.0. The van der Waals surface area contributed by atoms with Gasteiger partial charge in [-0.2, -0.15) is 0 Å². The summed E-state index contributed by atoms with van der Waals surface area (Å²) in [5.41, 5.74) is 1.06. The van der Waals surface area contributed by atoms with Crippen molar-refractivity contribution in [3.8, 4) is 5.75 Å². The minimum absolute atomic E-state index is 0.00690. The molecule has 2 aromatic rings. The molecule has 1 aromatic carbocycles. The zero-order chi connectivity index (χ0) is 22.3. The van der Waals surface area contributed by atoms with E-state index in [-0.39, 0.29) is 45.6 Å². The number of imide groups is 1. The molecule has 0 radical (unpaired) electrons. The van der Waals surface area contributed by atoms with Crippen LogP contribution in [0.3, 0.4) is 0 Å². The number of aliphatic carboxylic acids is 1. The van der Waals surface area contributed by atoms with E-state index in [9.17, 15) is 24.3 Å². The number of benzene rings is 1. The Labute approximate surface area is 191 Å². The van der Waals surface area contributed by atoms with Gasteiger partial charge in [-0.25, -0.2) is 0 Å². The number of nitrogens with zero attached hydrogens (tertiary/aromatic N) is 1. The van der Waals surface area contributed by atoms with Crippen LogP contribution in [0.15, 0.2) is 34.1 Å². The van der Waals surface area contributed by atoms with Gasteiger partial charge in [0.15, 0.2) is 0 Å². The molecule has 2 saturated carbocycles. The van der Waals surface area contributed by atoms with Crippen LogP contribution < -0.4 is 9.61 Å². The summed E-state index contributed by atoms with van der Waals surface area (Å²) in [5.74, 6) is -2.04. The summed E-state index contributed by atoms with van der Waals surface area (Å²) in [7, 11) is 1.61. The number of likely N-dealkylation sites (tertiary alicyclic amines) is 1. The number of rotatable bonds is 4. The summed E-state index contributed by atoms with van der Waals surface area (Å²) in [5, 5.41) is 10.1. The number of carboxylic acid groups (broad SMARTS) is 1. The van der Waals surface area contributed by atoms with Crippen molar-refractivity contribution in [2.24, 2.45) is 29.6 Å². The third-order valence-corrected chi connectivity index (χ3v) is 10.2. The monoisotopic (exact) mass is 472 g/mol. The molecule has 6 rings (SSSR count). The van der Waals surface area contributed by atoms with E-state index in [4.69, 9.17) is 4.74 Å². The second-order valence-corrected chi connectivity index (χ2v) is 11.1. The average Bonchev–Trinajstić information content (AvgIpc) is 3.49. The van der Waals surface area contributed by atoms with Gasteiger partial charge >= 0.3 is 10.8 Å². The fourth-order valence-electron chi connectivity index (χ4n) is 6.55. The van der Waals surface area contributed by atoms with Gasteiger partial charge < -0.3 is 14.8 Å². The maximum absolute atomic E-state index is 13.1. The van der Waals surface area contributed by atoms with Crippen molar-refractivity contribution in [2.45, 2.75) is 22.6 Å². The first kappa shape index (κ1) is 20.0. The number of aromatic amines is 1. The van der Waals surface area contributed by atoms with Gasteiger partial charge in [-0.15, -0.1) is 11.8 Å². The molecule has 2 N–H and O–H groups in total. The molecule has 4 aliphatic rings. The number of hydrogen-bond donors (Lipinski definition) is 2. The van der Waals surface area contributed by atoms with E-state index in [0.717, 1.165) is 32.5 Å². The molecule has 2 amide bonds. The molecule has 7 atom stereocenters. The van der Waals surface area contributed by atoms with Crippen LogP contribution in [0, 0.1) is 29.6 Å². The number of thiazole rings is 1. The predicted octanol–water partition coefficient (Wildman–Crippen LogP) is 2.00. The van der Waals surface area contributed by atoms with Gasteiger partial charge in [-0.05, 0) is 41.9 Å². The highest BCUT2D eigenvalue weighted by atomic mass is 32.2. The number of ether oxygens (including phenoxy) is 1. The first-order chi connectivity index (χ1) is 15.4. The SMILES string of the molecule is COc1ccc([C@@H]2c3sc(=O)[nH]c3S[C@@H]3[C@H]4C[C@@H]([C@@H]5C(=O)N(CC(=O)O)C(=O)[C@@H]45)[C@H]23)cc1. The van der Waals surface area contributed by atoms with Crippen molar-refractivity contribution in [1.82, 2.24) is 9.88 Å². The van der Waals surface area contributed by atoms with E-state index in [0.29, 0.717) is 0 Å². The number of amides is 2. The van der Waals surface area contributed by atoms with E-state index in [1.807, 2.05) is 24.3 Å². The van der Waals surface area contributed by atoms with Crippen molar-refractivity contribution in [3.63, 3.8) is 0 Å². The molecule has 0 unspecified atom stereocenters. The average molecular weight is 473 g/mol. The van der Waals surface area contributed by atoms with E-state index < -0.39 is 24.3 Å². The van der Waals surface area contributed by atoms with Crippen molar-refractivity contribution in [1.29, 1.82) is 0 Å². The minimum Gasteiger partial charge on any atom is -0.497 e. The Kier molecular flexibility index (Phi) is 4.36. The van der Waals surface area contributed by atoms with Gasteiger partial charge in [-0.1, -0.05) is 23.5 Å². The summed E-state index contributed by atoms with van der Waals surface area (Å²) < 4.78 is 5.30. The second-order valence-electron chi connectivity index (χ2n) is 8.89. The zero-order valence-corrected chi connectivity index (χ0v) is 18.7. The molecule has 10 heteroatoms. The highest BCUT2D eigenvalue weighted by Gasteiger charge is 2.69. The van der Waals surface area contributed by atoms with Crippen LogP contribution in [-0.2, 0) is 14.4 Å². The van der Waals surface area contributed by atoms with Gasteiger partial charge in [0.25, 0.3) is 0 Å². The quantitative estimate of drug-likeness (QED) is 0.654. The van der Waals surface area contributed by atoms with Gasteiger partial charge in [0.1, 0.15) is 12.3 Å². The van der Waals surface area contributed by atoms with Crippen LogP contribution in [0.25, 0.3) is 0 Å². The van der Waals surface area contributed by atoms with Crippen molar-refractivity contribution in [3.05, 3.63) is 44.4 Å². The van der Waals surface area contributed by atoms with E-state index in [1.165, 1.54) is 11.3 Å². The molecular weight excluding hydrogens is 452 g/mol. The molecule has 32 heavy (non-hydrogen) atoms. The lowest BCUT2D eigenvalue weighted by molar-refractivity contribution is -0.149. The first-order valence-corrected chi connectivity index (χ1v) is 12.2. The molecule has 1 saturated heterocycles. The maximum atomic E-state index is 13.1. The van der Waals surface area contributed by atoms with E-state index in [2.05, 4.69) is 4.98 Å². The molecule has 3 fully saturated rings. The number of thioether (sulfide) groups is 1. The molecule has 166 valence electrons. The maximum Gasteiger partial charge on any atom is 0.323 e. The largest absolute Gasteiger partial charge is 0.497 e. The Balaban J connectivity index is 1.44. The Morgan fingerprint density at radius 3 is 2.50 bits per heavy atom. The number of nitrogens with one attached hydrogen (secondary N) is 1. The second kappa shape index (κ2) is 6.95. The molecule has 8 nitrogen and oxygen atoms in total. The molecule has 1 aromatic heterocycles. The standard InChI is InChI=1S/C22H20N2O6S2/c1-30-9-4-2-8(3-5-9)13-14-10-6-11(17(14)31-19-18(13)32-22(29)23-19)16-15(10)20(27)24(21(16)28)7-12(25)26/h2-5,10-11,13-17H,6-7H2,1H3,(H,23,29)(H,25,26)/t10-,11+,13+,14-,15+,16+,17-/m1/s1. The smallest absolute Gasteiger partial charge is 0.323 e. The predicted molar refractivity (Wildman–Crippen MR) is 116 cm³/mol. The van der Waals surface area contributed by atoms with Gasteiger partial charge in [0.05, 0.1) is 24.0 Å². The van der Waals surface area contributed by atoms with Crippen molar-refractivity contribution >= 4 is 40.9 Å². The Morgan fingerprint density at radius 2 is 1.84 bits per heavy atom. The summed E-state index contributed by atoms with van der Waals surface area (Å²) in [4.78, 5) is 54.4. The van der Waals surface area contributed by atoms with Crippen LogP contribution in [-0.4, -0.2) is 51.7 Å². The highest BCUT2D eigenvalue weighted by Crippen LogP contribution is 2.68. The van der Waals surface area contributed by atoms with Gasteiger partial charge in [-0.3, -0.25) is 24.1 Å². The number of methoxy groups -OCH3 is 1. The Morgan fingerprint density at radius 1 is 1.16 bits per heavy atom. The number of hydrogen-bond acceptors (Lipinski definition) is 7. The number of fused-ring (bicyclic) bond motifs is 9. The molecule has 3 heterocycles. The Hall–Kier alpha value is -2.59. The highest BCUT2D eigenvalue weighted by molar-refractivity contribution is 8.00. The lowest BCUT2D eigenvalue weighted by Gasteiger charge is -2.43. The van der Waals surface area contributed by atoms with Crippen LogP contribution in [0.2, 0.25) is 0 Å². The van der Waals surface area contributed by atoms with Crippen LogP contribution in [0.4, 0.5) is 0 Å². The van der Waals surface area contributed by atoms with Crippen molar-refractivity contribution in [2.75, 3.05) is 13.7 Å². The molecule has 2 bridgehead atoms. The number of carbonyl (C=O) groups is 3.